The van der Waals surface area contributed by atoms with Gasteiger partial charge < -0.3 is 9.64 Å². The van der Waals surface area contributed by atoms with Crippen LogP contribution in [0.15, 0.2) is 0 Å². The maximum Gasteiger partial charge on any atom is 0.310 e. The monoisotopic (exact) mass is 257 g/mol. The lowest BCUT2D eigenvalue weighted by Crippen LogP contribution is -2.34. The summed E-state index contributed by atoms with van der Waals surface area (Å²) in [5.74, 6) is -0.413. The zero-order chi connectivity index (χ0) is 14.0. The second-order valence-electron chi connectivity index (χ2n) is 4.86. The number of carbonyl (C=O) groups excluding carboxylic acids is 2. The molecule has 18 heavy (non-hydrogen) atoms. The van der Waals surface area contributed by atoms with Crippen LogP contribution in [0.1, 0.15) is 52.4 Å². The lowest BCUT2D eigenvalue weighted by Gasteiger charge is -2.20. The van der Waals surface area contributed by atoms with Crippen molar-refractivity contribution in [2.24, 2.45) is 5.92 Å². The summed E-state index contributed by atoms with van der Waals surface area (Å²) >= 11 is 0. The van der Waals surface area contributed by atoms with E-state index < -0.39 is 0 Å². The molecule has 4 heteroatoms. The molecule has 0 heterocycles. The Kier molecular flexibility index (Phi) is 9.33. The molecular formula is C14H27NO3. The first kappa shape index (κ1) is 16.9. The van der Waals surface area contributed by atoms with Crippen molar-refractivity contribution in [1.82, 2.24) is 4.90 Å². The third-order valence-electron chi connectivity index (χ3n) is 3.07. The van der Waals surface area contributed by atoms with Crippen molar-refractivity contribution in [1.29, 1.82) is 0 Å². The van der Waals surface area contributed by atoms with Gasteiger partial charge in [0.2, 0.25) is 5.91 Å². The van der Waals surface area contributed by atoms with Gasteiger partial charge in [0.25, 0.3) is 0 Å². The topological polar surface area (TPSA) is 46.6 Å². The Bertz CT molecular complexity index is 253. The SMILES string of the molecule is CCCCCCCC(=O)N(C)CC(C)C(=O)OC. The zero-order valence-electron chi connectivity index (χ0n) is 12.2. The Labute approximate surface area is 111 Å². The summed E-state index contributed by atoms with van der Waals surface area (Å²) < 4.78 is 4.64. The maximum atomic E-state index is 11.8. The number of amides is 1. The fourth-order valence-electron chi connectivity index (χ4n) is 1.86. The highest BCUT2D eigenvalue weighted by Crippen LogP contribution is 2.08. The molecule has 0 saturated carbocycles. The highest BCUT2D eigenvalue weighted by atomic mass is 16.5. The predicted octanol–water partition coefficient (Wildman–Crippen LogP) is 2.61. The normalized spacial score (nSPS) is 12.0. The fourth-order valence-corrected chi connectivity index (χ4v) is 1.86. The molecule has 4 nitrogen and oxygen atoms in total. The first-order chi connectivity index (χ1) is 8.52. The van der Waals surface area contributed by atoms with Crippen molar-refractivity contribution < 1.29 is 14.3 Å². The van der Waals surface area contributed by atoms with E-state index in [1.165, 1.54) is 26.4 Å². The van der Waals surface area contributed by atoms with Gasteiger partial charge in [-0.15, -0.1) is 0 Å². The van der Waals surface area contributed by atoms with Crippen molar-refractivity contribution in [3.8, 4) is 0 Å². The number of esters is 1. The van der Waals surface area contributed by atoms with Crippen molar-refractivity contribution >= 4 is 11.9 Å². The summed E-state index contributed by atoms with van der Waals surface area (Å²) in [6, 6.07) is 0. The van der Waals surface area contributed by atoms with Gasteiger partial charge in [0.05, 0.1) is 13.0 Å². The van der Waals surface area contributed by atoms with E-state index in [2.05, 4.69) is 11.7 Å². The van der Waals surface area contributed by atoms with Gasteiger partial charge in [0.15, 0.2) is 0 Å². The van der Waals surface area contributed by atoms with Crippen LogP contribution in [-0.2, 0) is 14.3 Å². The first-order valence-corrected chi connectivity index (χ1v) is 6.84. The minimum Gasteiger partial charge on any atom is -0.469 e. The molecular weight excluding hydrogens is 230 g/mol. The molecule has 1 atom stereocenters. The van der Waals surface area contributed by atoms with Crippen molar-refractivity contribution in [2.75, 3.05) is 20.7 Å². The number of carbonyl (C=O) groups is 2. The molecule has 0 radical (unpaired) electrons. The highest BCUT2D eigenvalue weighted by Gasteiger charge is 2.18. The quantitative estimate of drug-likeness (QED) is 0.471. The van der Waals surface area contributed by atoms with Gasteiger partial charge in [-0.1, -0.05) is 39.5 Å². The molecule has 0 aromatic rings. The van der Waals surface area contributed by atoms with Gasteiger partial charge in [0.1, 0.15) is 0 Å². The Balaban J connectivity index is 3.79. The maximum absolute atomic E-state index is 11.8. The van der Waals surface area contributed by atoms with E-state index in [1.54, 1.807) is 18.9 Å². The molecule has 0 N–H and O–H groups in total. The highest BCUT2D eigenvalue weighted by molar-refractivity contribution is 5.77. The molecule has 1 amide bonds. The average Bonchev–Trinajstić information content (AvgIpc) is 2.36. The van der Waals surface area contributed by atoms with Gasteiger partial charge >= 0.3 is 5.97 Å². The number of ether oxygens (including phenoxy) is 1. The molecule has 0 saturated heterocycles. The number of hydrogen-bond acceptors (Lipinski definition) is 3. The molecule has 106 valence electrons. The summed E-state index contributed by atoms with van der Waals surface area (Å²) in [4.78, 5) is 24.7. The van der Waals surface area contributed by atoms with Crippen LogP contribution in [-0.4, -0.2) is 37.5 Å². The minimum absolute atomic E-state index is 0.113. The van der Waals surface area contributed by atoms with E-state index in [1.807, 2.05) is 0 Å². The molecule has 0 bridgehead atoms. The van der Waals surface area contributed by atoms with E-state index in [4.69, 9.17) is 0 Å². The zero-order valence-corrected chi connectivity index (χ0v) is 12.2. The van der Waals surface area contributed by atoms with Crippen molar-refractivity contribution in [3.05, 3.63) is 0 Å². The van der Waals surface area contributed by atoms with Crippen LogP contribution in [0.4, 0.5) is 0 Å². The van der Waals surface area contributed by atoms with E-state index in [0.717, 1.165) is 12.8 Å². The number of unbranched alkanes of at least 4 members (excludes halogenated alkanes) is 4. The molecule has 0 spiro atoms. The second-order valence-corrected chi connectivity index (χ2v) is 4.86. The van der Waals surface area contributed by atoms with Gasteiger partial charge in [-0.05, 0) is 6.42 Å². The lowest BCUT2D eigenvalue weighted by atomic mass is 10.1. The van der Waals surface area contributed by atoms with Gasteiger partial charge in [0, 0.05) is 20.0 Å². The largest absolute Gasteiger partial charge is 0.469 e. The lowest BCUT2D eigenvalue weighted by molar-refractivity contribution is -0.146. The molecule has 0 aliphatic carbocycles. The van der Waals surface area contributed by atoms with Crippen LogP contribution >= 0.6 is 0 Å². The number of rotatable bonds is 9. The molecule has 0 fully saturated rings. The van der Waals surface area contributed by atoms with Crippen LogP contribution in [0.5, 0.6) is 0 Å². The van der Waals surface area contributed by atoms with Gasteiger partial charge in [-0.3, -0.25) is 9.59 Å². The summed E-state index contributed by atoms with van der Waals surface area (Å²) in [7, 11) is 3.11. The molecule has 0 aromatic heterocycles. The van der Waals surface area contributed by atoms with E-state index in [0.29, 0.717) is 13.0 Å². The molecule has 0 aliphatic heterocycles. The number of nitrogens with zero attached hydrogens (tertiary/aromatic N) is 1. The number of methoxy groups -OCH3 is 1. The van der Waals surface area contributed by atoms with Crippen LogP contribution < -0.4 is 0 Å². The van der Waals surface area contributed by atoms with Crippen LogP contribution in [0.3, 0.4) is 0 Å². The van der Waals surface area contributed by atoms with Gasteiger partial charge in [-0.2, -0.15) is 0 Å². The summed E-state index contributed by atoms with van der Waals surface area (Å²) in [6.45, 7) is 4.38. The second kappa shape index (κ2) is 9.92. The Morgan fingerprint density at radius 3 is 2.33 bits per heavy atom. The molecule has 0 aliphatic rings. The third-order valence-corrected chi connectivity index (χ3v) is 3.07. The molecule has 0 rings (SSSR count). The van der Waals surface area contributed by atoms with E-state index >= 15 is 0 Å². The Hall–Kier alpha value is -1.06. The minimum atomic E-state index is -0.266. The smallest absolute Gasteiger partial charge is 0.310 e. The summed E-state index contributed by atoms with van der Waals surface area (Å²) in [6.07, 6.45) is 6.28. The Morgan fingerprint density at radius 2 is 1.78 bits per heavy atom. The first-order valence-electron chi connectivity index (χ1n) is 6.84. The molecule has 0 aromatic carbocycles. The fraction of sp³-hybridized carbons (Fsp3) is 0.857. The van der Waals surface area contributed by atoms with Gasteiger partial charge in [-0.25, -0.2) is 0 Å². The summed E-state index contributed by atoms with van der Waals surface area (Å²) in [5.41, 5.74) is 0. The van der Waals surface area contributed by atoms with Crippen LogP contribution in [0, 0.1) is 5.92 Å². The Morgan fingerprint density at radius 1 is 1.17 bits per heavy atom. The standard InChI is InChI=1S/C14H27NO3/c1-5-6-7-8-9-10-13(16)15(3)11-12(2)14(17)18-4/h12H,5-11H2,1-4H3. The van der Waals surface area contributed by atoms with Crippen molar-refractivity contribution in [3.63, 3.8) is 0 Å². The summed E-state index contributed by atoms with van der Waals surface area (Å²) in [5, 5.41) is 0. The number of hydrogen-bond donors (Lipinski definition) is 0. The third kappa shape index (κ3) is 7.30. The van der Waals surface area contributed by atoms with Crippen LogP contribution in [0.2, 0.25) is 0 Å². The van der Waals surface area contributed by atoms with Crippen molar-refractivity contribution in [2.45, 2.75) is 52.4 Å². The average molecular weight is 257 g/mol. The predicted molar refractivity (Wildman–Crippen MR) is 72.2 cm³/mol. The van der Waals surface area contributed by atoms with E-state index in [-0.39, 0.29) is 17.8 Å². The molecule has 1 unspecified atom stereocenters. The van der Waals surface area contributed by atoms with E-state index in [9.17, 15) is 9.59 Å². The van der Waals surface area contributed by atoms with Crippen LogP contribution in [0.25, 0.3) is 0 Å².